The van der Waals surface area contributed by atoms with Crippen LogP contribution in [0, 0.1) is 0 Å². The van der Waals surface area contributed by atoms with Crippen LogP contribution in [0.1, 0.15) is 22.6 Å². The van der Waals surface area contributed by atoms with Crippen molar-refractivity contribution in [3.05, 3.63) is 147 Å². The number of hydrogen-bond acceptors (Lipinski definition) is 1. The van der Waals surface area contributed by atoms with Gasteiger partial charge in [-0.25, -0.2) is 0 Å². The van der Waals surface area contributed by atoms with Gasteiger partial charge in [0.15, 0.2) is 0 Å². The molecule has 200 valence electrons. The zero-order chi connectivity index (χ0) is 27.9. The zero-order valence-electron chi connectivity index (χ0n) is 22.3. The summed E-state index contributed by atoms with van der Waals surface area (Å²) in [6, 6.07) is 42.9. The fourth-order valence-electron chi connectivity index (χ4n) is 5.89. The molecule has 3 nitrogen and oxygen atoms in total. The molecule has 2 aromatic heterocycles. The number of nitrogens with one attached hydrogen (secondary N) is 2. The molecule has 0 radical (unpaired) electrons. The number of methoxy groups -OCH3 is 1. The largest absolute Gasteiger partial charge is 0.497 e. The standard InChI is InChI=1S/C36H26Br2N2O/c1-41-27-20-14-22(15-21-27)32(33-28-6-2-4-8-30(28)39-35(33)23-10-16-25(37)17-11-23)34-29-7-3-5-9-31(29)40-36(34)24-12-18-26(38)19-13-24/h2-21,32,39-40H,1H3. The van der Waals surface area contributed by atoms with E-state index < -0.39 is 0 Å². The van der Waals surface area contributed by atoms with Crippen LogP contribution in [-0.4, -0.2) is 17.1 Å². The van der Waals surface area contributed by atoms with E-state index in [1.807, 2.05) is 0 Å². The van der Waals surface area contributed by atoms with Gasteiger partial charge in [0, 0.05) is 36.7 Å². The molecular weight excluding hydrogens is 636 g/mol. The van der Waals surface area contributed by atoms with Crippen molar-refractivity contribution in [3.8, 4) is 28.3 Å². The maximum absolute atomic E-state index is 5.56. The van der Waals surface area contributed by atoms with Gasteiger partial charge in [0.1, 0.15) is 5.75 Å². The number of aromatic amines is 2. The predicted molar refractivity (Wildman–Crippen MR) is 177 cm³/mol. The summed E-state index contributed by atoms with van der Waals surface area (Å²) in [5.74, 6) is 0.761. The Morgan fingerprint density at radius 1 is 0.537 bits per heavy atom. The quantitative estimate of drug-likeness (QED) is 0.183. The second-order valence-corrected chi connectivity index (χ2v) is 12.0. The predicted octanol–water partition coefficient (Wildman–Crippen LogP) is 10.7. The molecule has 0 amide bonds. The number of fused-ring (bicyclic) bond motifs is 2. The molecule has 0 saturated carbocycles. The van der Waals surface area contributed by atoms with Gasteiger partial charge in [0.05, 0.1) is 18.5 Å². The topological polar surface area (TPSA) is 40.8 Å². The van der Waals surface area contributed by atoms with Gasteiger partial charge in [-0.1, -0.05) is 105 Å². The zero-order valence-corrected chi connectivity index (χ0v) is 25.5. The molecule has 0 atom stereocenters. The fourth-order valence-corrected chi connectivity index (χ4v) is 6.42. The van der Waals surface area contributed by atoms with E-state index in [0.29, 0.717) is 0 Å². The first-order valence-corrected chi connectivity index (χ1v) is 15.1. The number of para-hydroxylation sites is 2. The molecule has 0 spiro atoms. The third-order valence-corrected chi connectivity index (χ3v) is 8.84. The minimum atomic E-state index is -0.0782. The summed E-state index contributed by atoms with van der Waals surface area (Å²) in [6.07, 6.45) is 0. The van der Waals surface area contributed by atoms with Gasteiger partial charge < -0.3 is 14.7 Å². The molecular formula is C36H26Br2N2O. The molecule has 0 bridgehead atoms. The monoisotopic (exact) mass is 660 g/mol. The Morgan fingerprint density at radius 2 is 0.976 bits per heavy atom. The van der Waals surface area contributed by atoms with Crippen LogP contribution in [0.25, 0.3) is 44.3 Å². The van der Waals surface area contributed by atoms with Crippen molar-refractivity contribution in [2.24, 2.45) is 0 Å². The van der Waals surface area contributed by atoms with Gasteiger partial charge in [0.2, 0.25) is 0 Å². The summed E-state index contributed by atoms with van der Waals surface area (Å²) in [4.78, 5) is 7.59. The van der Waals surface area contributed by atoms with E-state index >= 15 is 0 Å². The number of aromatic nitrogens is 2. The maximum atomic E-state index is 5.56. The van der Waals surface area contributed by atoms with Crippen LogP contribution in [0.3, 0.4) is 0 Å². The van der Waals surface area contributed by atoms with Gasteiger partial charge in [-0.2, -0.15) is 0 Å². The first-order chi connectivity index (χ1) is 20.1. The van der Waals surface area contributed by atoms with E-state index in [1.165, 1.54) is 27.5 Å². The van der Waals surface area contributed by atoms with Crippen LogP contribution in [0.5, 0.6) is 5.75 Å². The van der Waals surface area contributed by atoms with Crippen molar-refractivity contribution in [3.63, 3.8) is 0 Å². The van der Waals surface area contributed by atoms with Gasteiger partial charge in [-0.3, -0.25) is 0 Å². The van der Waals surface area contributed by atoms with Crippen molar-refractivity contribution in [1.82, 2.24) is 9.97 Å². The highest BCUT2D eigenvalue weighted by atomic mass is 79.9. The second kappa shape index (κ2) is 10.7. The molecule has 0 aliphatic carbocycles. The Labute approximate surface area is 255 Å². The van der Waals surface area contributed by atoms with Crippen LogP contribution < -0.4 is 4.74 Å². The number of halogens is 2. The van der Waals surface area contributed by atoms with Gasteiger partial charge >= 0.3 is 0 Å². The molecule has 5 aromatic carbocycles. The van der Waals surface area contributed by atoms with Gasteiger partial charge in [-0.15, -0.1) is 0 Å². The Bertz CT molecular complexity index is 1860. The molecule has 0 fully saturated rings. The summed E-state index contributed by atoms with van der Waals surface area (Å²) in [7, 11) is 1.71. The number of benzene rings is 5. The molecule has 2 N–H and O–H groups in total. The summed E-state index contributed by atoms with van der Waals surface area (Å²) < 4.78 is 7.67. The first-order valence-electron chi connectivity index (χ1n) is 13.5. The molecule has 0 aliphatic heterocycles. The van der Waals surface area contributed by atoms with E-state index in [9.17, 15) is 0 Å². The van der Waals surface area contributed by atoms with Crippen LogP contribution in [0.4, 0.5) is 0 Å². The lowest BCUT2D eigenvalue weighted by atomic mass is 9.80. The molecule has 7 aromatic rings. The van der Waals surface area contributed by atoms with Crippen molar-refractivity contribution < 1.29 is 4.74 Å². The number of rotatable bonds is 6. The third kappa shape index (κ3) is 4.69. The van der Waals surface area contributed by atoms with E-state index in [1.54, 1.807) is 7.11 Å². The number of H-pyrrole nitrogens is 2. The summed E-state index contributed by atoms with van der Waals surface area (Å²) in [6.45, 7) is 0. The number of ether oxygens (including phenoxy) is 1. The summed E-state index contributed by atoms with van der Waals surface area (Å²) in [5.41, 5.74) is 10.4. The normalized spacial score (nSPS) is 11.5. The molecule has 5 heteroatoms. The smallest absolute Gasteiger partial charge is 0.118 e. The second-order valence-electron chi connectivity index (χ2n) is 10.1. The summed E-state index contributed by atoms with van der Waals surface area (Å²) in [5, 5.41) is 2.41. The fraction of sp³-hybridized carbons (Fsp3) is 0.0556. The average molecular weight is 662 g/mol. The van der Waals surface area contributed by atoms with Crippen LogP contribution in [0.15, 0.2) is 130 Å². The van der Waals surface area contributed by atoms with E-state index in [4.69, 9.17) is 4.74 Å². The van der Waals surface area contributed by atoms with Crippen LogP contribution in [-0.2, 0) is 0 Å². The minimum Gasteiger partial charge on any atom is -0.497 e. The molecule has 41 heavy (non-hydrogen) atoms. The lowest BCUT2D eigenvalue weighted by Crippen LogP contribution is -2.06. The average Bonchev–Trinajstić information content (AvgIpc) is 3.58. The summed E-state index contributed by atoms with van der Waals surface area (Å²) >= 11 is 7.24. The molecule has 0 aliphatic rings. The Kier molecular flexibility index (Phi) is 6.77. The lowest BCUT2D eigenvalue weighted by molar-refractivity contribution is 0.414. The highest BCUT2D eigenvalue weighted by molar-refractivity contribution is 9.10. The first kappa shape index (κ1) is 25.9. The Morgan fingerprint density at radius 3 is 1.41 bits per heavy atom. The van der Waals surface area contributed by atoms with E-state index in [2.05, 4.69) is 163 Å². The lowest BCUT2D eigenvalue weighted by Gasteiger charge is -2.22. The number of hydrogen-bond donors (Lipinski definition) is 2. The van der Waals surface area contributed by atoms with E-state index in [-0.39, 0.29) is 5.92 Å². The Balaban J connectivity index is 1.60. The molecule has 2 heterocycles. The highest BCUT2D eigenvalue weighted by Crippen LogP contribution is 2.48. The van der Waals surface area contributed by atoms with E-state index in [0.717, 1.165) is 48.2 Å². The van der Waals surface area contributed by atoms with Crippen molar-refractivity contribution in [2.45, 2.75) is 5.92 Å². The SMILES string of the molecule is COc1ccc(C(c2c(-c3ccc(Br)cc3)[nH]c3ccccc23)c2c(-c3ccc(Br)cc3)[nH]c3ccccc23)cc1. The molecule has 0 saturated heterocycles. The van der Waals surface area contributed by atoms with Crippen molar-refractivity contribution in [2.75, 3.05) is 7.11 Å². The molecule has 7 rings (SSSR count). The Hall–Kier alpha value is -4.06. The maximum Gasteiger partial charge on any atom is 0.118 e. The van der Waals surface area contributed by atoms with Gasteiger partial charge in [0.25, 0.3) is 0 Å². The highest BCUT2D eigenvalue weighted by Gasteiger charge is 2.30. The third-order valence-electron chi connectivity index (χ3n) is 7.78. The van der Waals surface area contributed by atoms with Crippen LogP contribution in [0.2, 0.25) is 0 Å². The molecule has 0 unspecified atom stereocenters. The minimum absolute atomic E-state index is 0.0782. The van der Waals surface area contributed by atoms with Crippen LogP contribution >= 0.6 is 31.9 Å². The van der Waals surface area contributed by atoms with Crippen molar-refractivity contribution >= 4 is 53.7 Å². The van der Waals surface area contributed by atoms with Gasteiger partial charge in [-0.05, 0) is 76.3 Å². The van der Waals surface area contributed by atoms with Crippen molar-refractivity contribution in [1.29, 1.82) is 0 Å².